The standard InChI is InChI=1S/C44H29N.C24H18BNO2.C20H13Br/c1-3-13-30(14-4-1)33-25-28-42-40(29-33)35-17-11-12-22-41(35)45(42)34-26-23-32(24-27-34)44-38-20-9-7-18-36(38)43(31-15-5-2-6-16-31)37-19-8-10-21-39(37)44;27-25(28)19-11-13-20(14-12-19)26-23-9-5-4-8-21(23)22-16-18(10-15-24(22)26)17-6-2-1-3-7-17;21-20-17-12-6-4-10-15(17)19(14-8-2-1-3-9-14)16-11-5-7-13-18(16)20/h1-29H;1-16,27-28H;1-13H. The molecule has 444 valence electrons. The van der Waals surface area contributed by atoms with Gasteiger partial charge in [-0.25, -0.2) is 0 Å². The largest absolute Gasteiger partial charge is 0.488 e. The fraction of sp³-hybridized carbons (Fsp3) is 0. The quantitative estimate of drug-likeness (QED) is 0.118. The molecule has 0 radical (unpaired) electrons. The van der Waals surface area contributed by atoms with Crippen molar-refractivity contribution in [3.63, 3.8) is 0 Å². The van der Waals surface area contributed by atoms with Crippen LogP contribution in [-0.2, 0) is 0 Å². The molecule has 0 bridgehead atoms. The Morgan fingerprint density at radius 2 is 0.468 bits per heavy atom. The molecule has 0 aliphatic carbocycles. The molecule has 0 amide bonds. The van der Waals surface area contributed by atoms with Gasteiger partial charge < -0.3 is 19.2 Å². The van der Waals surface area contributed by atoms with Crippen molar-refractivity contribution in [3.05, 3.63) is 356 Å². The molecule has 0 fully saturated rings. The van der Waals surface area contributed by atoms with Crippen LogP contribution in [0.3, 0.4) is 0 Å². The number of para-hydroxylation sites is 2. The van der Waals surface area contributed by atoms with Gasteiger partial charge in [-0.1, -0.05) is 291 Å². The van der Waals surface area contributed by atoms with Crippen LogP contribution in [0.25, 0.3) is 154 Å². The third kappa shape index (κ3) is 10.5. The van der Waals surface area contributed by atoms with Crippen molar-refractivity contribution in [2.24, 2.45) is 0 Å². The van der Waals surface area contributed by atoms with Crippen molar-refractivity contribution in [2.45, 2.75) is 0 Å². The molecule has 16 aromatic carbocycles. The Morgan fingerprint density at radius 3 is 0.819 bits per heavy atom. The summed E-state index contributed by atoms with van der Waals surface area (Å²) < 4.78 is 5.79. The maximum atomic E-state index is 9.38. The van der Waals surface area contributed by atoms with Crippen molar-refractivity contribution in [1.82, 2.24) is 9.13 Å². The molecule has 18 rings (SSSR count). The summed E-state index contributed by atoms with van der Waals surface area (Å²) >= 11 is 3.79. The van der Waals surface area contributed by atoms with E-state index in [-0.39, 0.29) is 0 Å². The average Bonchev–Trinajstić information content (AvgIpc) is 0.985. The van der Waals surface area contributed by atoms with Crippen molar-refractivity contribution >= 4 is 115 Å². The number of rotatable bonds is 8. The van der Waals surface area contributed by atoms with E-state index in [1.54, 1.807) is 12.1 Å². The Hall–Kier alpha value is -11.4. The monoisotopic (exact) mass is 1270 g/mol. The first kappa shape index (κ1) is 57.8. The molecule has 2 N–H and O–H groups in total. The summed E-state index contributed by atoms with van der Waals surface area (Å²) in [6, 6.07) is 124. The number of fused-ring (bicyclic) bond motifs is 10. The lowest BCUT2D eigenvalue weighted by molar-refractivity contribution is 0.426. The number of hydrogen-bond acceptors (Lipinski definition) is 2. The van der Waals surface area contributed by atoms with Crippen molar-refractivity contribution in [2.75, 3.05) is 0 Å². The van der Waals surface area contributed by atoms with E-state index < -0.39 is 7.12 Å². The highest BCUT2D eigenvalue weighted by Gasteiger charge is 2.20. The summed E-state index contributed by atoms with van der Waals surface area (Å²) in [5, 5.41) is 33.9. The van der Waals surface area contributed by atoms with Crippen LogP contribution >= 0.6 is 15.9 Å². The zero-order valence-corrected chi connectivity index (χ0v) is 52.8. The zero-order chi connectivity index (χ0) is 63.1. The smallest absolute Gasteiger partial charge is 0.423 e. The SMILES string of the molecule is Brc1c2ccccc2c(-c2ccccc2)c2ccccc12.OB(O)c1ccc(-n2c3ccccc3c3cc(-c4ccccc4)ccc32)cc1.c1ccc(-c2ccc3c(c2)c2ccccc2n3-c2ccc(-c3c4ccccc4c(-c4ccccc4)c4ccccc34)cc2)cc1. The first-order chi connectivity index (χ1) is 46.4. The Labute approximate surface area is 554 Å². The maximum Gasteiger partial charge on any atom is 0.488 e. The Kier molecular flexibility index (Phi) is 15.4. The van der Waals surface area contributed by atoms with E-state index in [1.165, 1.54) is 136 Å². The van der Waals surface area contributed by atoms with Crippen LogP contribution in [-0.4, -0.2) is 26.3 Å². The summed E-state index contributed by atoms with van der Waals surface area (Å²) in [7, 11) is -1.46. The van der Waals surface area contributed by atoms with Gasteiger partial charge in [0.2, 0.25) is 0 Å². The second-order valence-electron chi connectivity index (χ2n) is 23.8. The first-order valence-corrected chi connectivity index (χ1v) is 32.6. The number of nitrogens with zero attached hydrogens (tertiary/aromatic N) is 2. The van der Waals surface area contributed by atoms with Crippen LogP contribution in [0.4, 0.5) is 0 Å². The van der Waals surface area contributed by atoms with Crippen LogP contribution in [0.5, 0.6) is 0 Å². The molecule has 0 saturated heterocycles. The highest BCUT2D eigenvalue weighted by atomic mass is 79.9. The van der Waals surface area contributed by atoms with E-state index in [9.17, 15) is 10.0 Å². The van der Waals surface area contributed by atoms with E-state index in [4.69, 9.17) is 0 Å². The molecule has 0 saturated carbocycles. The zero-order valence-electron chi connectivity index (χ0n) is 51.2. The van der Waals surface area contributed by atoms with Crippen molar-refractivity contribution < 1.29 is 10.0 Å². The fourth-order valence-electron chi connectivity index (χ4n) is 14.0. The normalized spacial score (nSPS) is 11.4. The molecule has 4 nitrogen and oxygen atoms in total. The van der Waals surface area contributed by atoms with E-state index in [0.717, 1.165) is 22.4 Å². The van der Waals surface area contributed by atoms with Gasteiger partial charge in [0.1, 0.15) is 0 Å². The Morgan fingerprint density at radius 1 is 0.213 bits per heavy atom. The minimum Gasteiger partial charge on any atom is -0.423 e. The van der Waals surface area contributed by atoms with Gasteiger partial charge in [-0.2, -0.15) is 0 Å². The maximum absolute atomic E-state index is 9.38. The number of hydrogen-bond donors (Lipinski definition) is 2. The number of aromatic nitrogens is 2. The van der Waals surface area contributed by atoms with E-state index >= 15 is 0 Å². The topological polar surface area (TPSA) is 50.3 Å². The molecule has 0 unspecified atom stereocenters. The summed E-state index contributed by atoms with van der Waals surface area (Å²) in [4.78, 5) is 0. The highest BCUT2D eigenvalue weighted by Crippen LogP contribution is 2.46. The molecule has 2 heterocycles. The summed E-state index contributed by atoms with van der Waals surface area (Å²) in [5.41, 5.74) is 19.8. The van der Waals surface area contributed by atoms with Gasteiger partial charge in [-0.15, -0.1) is 0 Å². The molecule has 94 heavy (non-hydrogen) atoms. The molecule has 0 spiro atoms. The van der Waals surface area contributed by atoms with Gasteiger partial charge in [0.05, 0.1) is 22.1 Å². The minimum absolute atomic E-state index is 0.482. The lowest BCUT2D eigenvalue weighted by atomic mass is 9.80. The highest BCUT2D eigenvalue weighted by molar-refractivity contribution is 9.10. The molecule has 2 aromatic heterocycles. The van der Waals surface area contributed by atoms with Gasteiger partial charge in [-0.3, -0.25) is 0 Å². The summed E-state index contributed by atoms with van der Waals surface area (Å²) in [5.74, 6) is 0. The Bertz CT molecular complexity index is 5700. The molecule has 18 aromatic rings. The first-order valence-electron chi connectivity index (χ1n) is 31.8. The second kappa shape index (κ2) is 25.0. The molecule has 0 aliphatic rings. The van der Waals surface area contributed by atoms with Crippen LogP contribution in [0.2, 0.25) is 0 Å². The van der Waals surface area contributed by atoms with Crippen LogP contribution in [0, 0.1) is 0 Å². The third-order valence-corrected chi connectivity index (χ3v) is 19.2. The van der Waals surface area contributed by atoms with E-state index in [1.807, 2.05) is 24.3 Å². The van der Waals surface area contributed by atoms with Gasteiger partial charge in [-0.05, 0) is 181 Å². The lowest BCUT2D eigenvalue weighted by Crippen LogP contribution is -2.29. The predicted molar refractivity (Wildman–Crippen MR) is 403 cm³/mol. The predicted octanol–water partition coefficient (Wildman–Crippen LogP) is 22.6. The average molecular weight is 1270 g/mol. The Balaban J connectivity index is 0.000000122. The number of halogens is 1. The molecular formula is C88H60BBrN2O2. The molecular weight excluding hydrogens is 1210 g/mol. The van der Waals surface area contributed by atoms with Gasteiger partial charge in [0.15, 0.2) is 0 Å². The second-order valence-corrected chi connectivity index (χ2v) is 24.6. The minimum atomic E-state index is -1.46. The fourth-order valence-corrected chi connectivity index (χ4v) is 14.7. The summed E-state index contributed by atoms with van der Waals surface area (Å²) in [6.07, 6.45) is 0. The van der Waals surface area contributed by atoms with Crippen LogP contribution in [0.1, 0.15) is 0 Å². The van der Waals surface area contributed by atoms with Gasteiger partial charge in [0, 0.05) is 37.4 Å². The third-order valence-electron chi connectivity index (χ3n) is 18.3. The van der Waals surface area contributed by atoms with E-state index in [0.29, 0.717) is 5.46 Å². The van der Waals surface area contributed by atoms with Crippen LogP contribution in [0.15, 0.2) is 356 Å². The van der Waals surface area contributed by atoms with Crippen molar-refractivity contribution in [1.29, 1.82) is 0 Å². The number of benzene rings is 16. The summed E-state index contributed by atoms with van der Waals surface area (Å²) in [6.45, 7) is 0. The molecule has 6 heteroatoms. The lowest BCUT2D eigenvalue weighted by Gasteiger charge is -2.18. The van der Waals surface area contributed by atoms with E-state index in [2.05, 4.69) is 341 Å². The van der Waals surface area contributed by atoms with Crippen molar-refractivity contribution in [3.8, 4) is 67.0 Å². The van der Waals surface area contributed by atoms with Crippen LogP contribution < -0.4 is 5.46 Å². The van der Waals surface area contributed by atoms with Gasteiger partial charge in [0.25, 0.3) is 0 Å². The molecule has 0 atom stereocenters. The molecule has 0 aliphatic heterocycles. The van der Waals surface area contributed by atoms with Gasteiger partial charge >= 0.3 is 7.12 Å².